The normalized spacial score (nSPS) is 21.7. The lowest BCUT2D eigenvalue weighted by Crippen LogP contribution is -2.49. The van der Waals surface area contributed by atoms with Crippen LogP contribution in [0.3, 0.4) is 0 Å². The van der Waals surface area contributed by atoms with E-state index in [9.17, 15) is 9.90 Å². The van der Waals surface area contributed by atoms with Crippen molar-refractivity contribution < 1.29 is 14.6 Å². The standard InChI is InChI=1S/C23H28N2O3/c1-16(2)28-22-9-4-3-8-21(22)24-10-12-25(13-11-24)23(27)20-15-19(20)17-6-5-7-18(26)14-17/h3-9,14,16,19-20,26H,10-13,15H2,1-2H3/t19-,20+/m1/s1. The third kappa shape index (κ3) is 3.93. The van der Waals surface area contributed by atoms with Crippen LogP contribution in [0.25, 0.3) is 0 Å². The number of benzene rings is 2. The molecule has 0 spiro atoms. The van der Waals surface area contributed by atoms with Gasteiger partial charge in [-0.25, -0.2) is 0 Å². The number of nitrogens with zero attached hydrogens (tertiary/aromatic N) is 2. The fourth-order valence-corrected chi connectivity index (χ4v) is 4.07. The summed E-state index contributed by atoms with van der Waals surface area (Å²) in [4.78, 5) is 17.2. The predicted octanol–water partition coefficient (Wildman–Crippen LogP) is 3.63. The minimum Gasteiger partial charge on any atom is -0.508 e. The van der Waals surface area contributed by atoms with Gasteiger partial charge in [0.05, 0.1) is 11.8 Å². The van der Waals surface area contributed by atoms with Gasteiger partial charge in [0, 0.05) is 32.1 Å². The van der Waals surface area contributed by atoms with E-state index in [0.29, 0.717) is 0 Å². The molecular weight excluding hydrogens is 352 g/mol. The van der Waals surface area contributed by atoms with E-state index in [1.165, 1.54) is 0 Å². The molecule has 148 valence electrons. The van der Waals surface area contributed by atoms with Gasteiger partial charge in [0.25, 0.3) is 0 Å². The number of para-hydroxylation sites is 2. The number of phenolic OH excluding ortho intramolecular Hbond substituents is 1. The lowest BCUT2D eigenvalue weighted by Gasteiger charge is -2.37. The number of rotatable bonds is 5. The Morgan fingerprint density at radius 1 is 1.07 bits per heavy atom. The number of aromatic hydroxyl groups is 1. The van der Waals surface area contributed by atoms with Gasteiger partial charge < -0.3 is 19.6 Å². The Hall–Kier alpha value is -2.69. The van der Waals surface area contributed by atoms with Crippen molar-refractivity contribution in [1.29, 1.82) is 0 Å². The molecule has 2 fully saturated rings. The van der Waals surface area contributed by atoms with Gasteiger partial charge in [-0.3, -0.25) is 4.79 Å². The molecule has 1 amide bonds. The number of phenols is 1. The third-order valence-electron chi connectivity index (χ3n) is 5.57. The molecule has 0 aromatic heterocycles. The molecule has 2 aromatic rings. The highest BCUT2D eigenvalue weighted by Gasteiger charge is 2.46. The van der Waals surface area contributed by atoms with Crippen LogP contribution in [-0.4, -0.2) is 48.2 Å². The van der Waals surface area contributed by atoms with Crippen LogP contribution < -0.4 is 9.64 Å². The summed E-state index contributed by atoms with van der Waals surface area (Å²) in [5.41, 5.74) is 2.17. The van der Waals surface area contributed by atoms with Crippen LogP contribution in [0.1, 0.15) is 31.7 Å². The summed E-state index contributed by atoms with van der Waals surface area (Å²) in [6, 6.07) is 15.4. The number of anilines is 1. The first-order chi connectivity index (χ1) is 13.5. The molecule has 1 aliphatic heterocycles. The lowest BCUT2D eigenvalue weighted by molar-refractivity contribution is -0.132. The summed E-state index contributed by atoms with van der Waals surface area (Å²) >= 11 is 0. The maximum atomic E-state index is 12.9. The van der Waals surface area contributed by atoms with Gasteiger partial charge in [0.1, 0.15) is 11.5 Å². The van der Waals surface area contributed by atoms with Gasteiger partial charge in [-0.05, 0) is 56.0 Å². The van der Waals surface area contributed by atoms with Crippen molar-refractivity contribution in [1.82, 2.24) is 4.90 Å². The van der Waals surface area contributed by atoms with Gasteiger partial charge in [0.15, 0.2) is 0 Å². The quantitative estimate of drug-likeness (QED) is 0.861. The summed E-state index contributed by atoms with van der Waals surface area (Å²) in [6.45, 7) is 7.16. The van der Waals surface area contributed by atoms with Crippen molar-refractivity contribution in [3.63, 3.8) is 0 Å². The first-order valence-corrected chi connectivity index (χ1v) is 10.1. The minimum atomic E-state index is 0.0601. The Balaban J connectivity index is 1.36. The summed E-state index contributed by atoms with van der Waals surface area (Å²) in [6.07, 6.45) is 1.02. The fourth-order valence-electron chi connectivity index (χ4n) is 4.07. The smallest absolute Gasteiger partial charge is 0.226 e. The average Bonchev–Trinajstić information content (AvgIpc) is 3.49. The van der Waals surface area contributed by atoms with Crippen LogP contribution in [0.5, 0.6) is 11.5 Å². The molecule has 4 rings (SSSR count). The Morgan fingerprint density at radius 2 is 1.82 bits per heavy atom. The van der Waals surface area contributed by atoms with E-state index in [0.717, 1.165) is 49.6 Å². The number of hydrogen-bond donors (Lipinski definition) is 1. The molecule has 0 radical (unpaired) electrons. The first kappa shape index (κ1) is 18.7. The molecule has 1 heterocycles. The van der Waals surface area contributed by atoms with Crippen molar-refractivity contribution in [3.8, 4) is 11.5 Å². The average molecular weight is 380 g/mol. The van der Waals surface area contributed by atoms with Crippen molar-refractivity contribution in [2.24, 2.45) is 5.92 Å². The molecule has 1 saturated heterocycles. The van der Waals surface area contributed by atoms with E-state index in [-0.39, 0.29) is 29.6 Å². The lowest BCUT2D eigenvalue weighted by atomic mass is 10.1. The van der Waals surface area contributed by atoms with Gasteiger partial charge >= 0.3 is 0 Å². The number of piperazine rings is 1. The Morgan fingerprint density at radius 3 is 2.54 bits per heavy atom. The fraction of sp³-hybridized carbons (Fsp3) is 0.435. The van der Waals surface area contributed by atoms with Crippen LogP contribution >= 0.6 is 0 Å². The molecule has 1 aliphatic carbocycles. The minimum absolute atomic E-state index is 0.0601. The molecule has 28 heavy (non-hydrogen) atoms. The van der Waals surface area contributed by atoms with E-state index >= 15 is 0 Å². The van der Waals surface area contributed by atoms with Crippen molar-refractivity contribution in [2.75, 3.05) is 31.1 Å². The second-order valence-corrected chi connectivity index (χ2v) is 7.99. The molecule has 2 aliphatic rings. The number of carbonyl (C=O) groups excluding carboxylic acids is 1. The van der Waals surface area contributed by atoms with E-state index in [1.807, 2.05) is 49.1 Å². The van der Waals surface area contributed by atoms with Crippen LogP contribution in [-0.2, 0) is 4.79 Å². The number of hydrogen-bond acceptors (Lipinski definition) is 4. The summed E-state index contributed by atoms with van der Waals surface area (Å²) in [5, 5.41) is 9.67. The van der Waals surface area contributed by atoms with Gasteiger partial charge in [0.2, 0.25) is 5.91 Å². The Labute approximate surface area is 166 Å². The molecule has 1 N–H and O–H groups in total. The van der Waals surface area contributed by atoms with Gasteiger partial charge in [-0.2, -0.15) is 0 Å². The Bertz CT molecular complexity index is 843. The predicted molar refractivity (Wildman–Crippen MR) is 110 cm³/mol. The highest BCUT2D eigenvalue weighted by Crippen LogP contribution is 2.49. The van der Waals surface area contributed by atoms with Crippen LogP contribution in [0.4, 0.5) is 5.69 Å². The van der Waals surface area contributed by atoms with E-state index in [1.54, 1.807) is 12.1 Å². The summed E-state index contributed by atoms with van der Waals surface area (Å²) in [7, 11) is 0. The second kappa shape index (κ2) is 7.74. The molecule has 2 atom stereocenters. The number of ether oxygens (including phenoxy) is 1. The maximum Gasteiger partial charge on any atom is 0.226 e. The van der Waals surface area contributed by atoms with E-state index in [4.69, 9.17) is 4.74 Å². The number of carbonyl (C=O) groups is 1. The Kier molecular flexibility index (Phi) is 5.16. The number of amides is 1. The maximum absolute atomic E-state index is 12.9. The zero-order valence-electron chi connectivity index (χ0n) is 16.5. The van der Waals surface area contributed by atoms with Gasteiger partial charge in [-0.15, -0.1) is 0 Å². The van der Waals surface area contributed by atoms with Crippen molar-refractivity contribution in [3.05, 3.63) is 54.1 Å². The molecule has 0 bridgehead atoms. The zero-order chi connectivity index (χ0) is 19.7. The first-order valence-electron chi connectivity index (χ1n) is 10.1. The molecule has 0 unspecified atom stereocenters. The molecule has 2 aromatic carbocycles. The highest BCUT2D eigenvalue weighted by molar-refractivity contribution is 5.83. The monoisotopic (exact) mass is 380 g/mol. The highest BCUT2D eigenvalue weighted by atomic mass is 16.5. The third-order valence-corrected chi connectivity index (χ3v) is 5.57. The van der Waals surface area contributed by atoms with Crippen molar-refractivity contribution >= 4 is 11.6 Å². The molecular formula is C23H28N2O3. The van der Waals surface area contributed by atoms with Crippen molar-refractivity contribution in [2.45, 2.75) is 32.3 Å². The van der Waals surface area contributed by atoms with Gasteiger partial charge in [-0.1, -0.05) is 24.3 Å². The van der Waals surface area contributed by atoms with Crippen LogP contribution in [0, 0.1) is 5.92 Å². The molecule has 5 nitrogen and oxygen atoms in total. The zero-order valence-corrected chi connectivity index (χ0v) is 16.5. The summed E-state index contributed by atoms with van der Waals surface area (Å²) in [5.74, 6) is 1.73. The van der Waals surface area contributed by atoms with E-state index < -0.39 is 0 Å². The largest absolute Gasteiger partial charge is 0.508 e. The topological polar surface area (TPSA) is 53.0 Å². The van der Waals surface area contributed by atoms with Crippen LogP contribution in [0.2, 0.25) is 0 Å². The summed E-state index contributed by atoms with van der Waals surface area (Å²) < 4.78 is 5.95. The molecule has 1 saturated carbocycles. The SMILES string of the molecule is CC(C)Oc1ccccc1N1CCN(C(=O)[C@H]2C[C@@H]2c2cccc(O)c2)CC1. The van der Waals surface area contributed by atoms with E-state index in [2.05, 4.69) is 11.0 Å². The second-order valence-electron chi connectivity index (χ2n) is 7.99. The van der Waals surface area contributed by atoms with Crippen LogP contribution in [0.15, 0.2) is 48.5 Å². The molecule has 5 heteroatoms.